The highest BCUT2D eigenvalue weighted by Crippen LogP contribution is 2.21. The van der Waals surface area contributed by atoms with Crippen LogP contribution in [-0.4, -0.2) is 57.4 Å². The van der Waals surface area contributed by atoms with Gasteiger partial charge in [0.05, 0.1) is 19.0 Å². The fourth-order valence-electron chi connectivity index (χ4n) is 2.86. The molecule has 0 saturated carbocycles. The molecule has 7 nitrogen and oxygen atoms in total. The van der Waals surface area contributed by atoms with E-state index in [0.29, 0.717) is 13.2 Å². The van der Waals surface area contributed by atoms with Crippen LogP contribution in [0.25, 0.3) is 0 Å². The smallest absolute Gasteiger partial charge is 0.319 e. The van der Waals surface area contributed by atoms with Gasteiger partial charge in [-0.2, -0.15) is 4.31 Å². The van der Waals surface area contributed by atoms with Gasteiger partial charge < -0.3 is 15.4 Å². The van der Waals surface area contributed by atoms with Gasteiger partial charge in [-0.1, -0.05) is 17.7 Å². The first-order valence-corrected chi connectivity index (χ1v) is 9.71. The summed E-state index contributed by atoms with van der Waals surface area (Å²) in [6.07, 6.45) is 0.831. The van der Waals surface area contributed by atoms with E-state index < -0.39 is 10.0 Å². The van der Waals surface area contributed by atoms with Crippen molar-refractivity contribution in [2.45, 2.75) is 26.9 Å². The molecule has 1 atom stereocenters. The summed E-state index contributed by atoms with van der Waals surface area (Å²) in [7, 11) is -3.24. The molecule has 0 aromatic heterocycles. The van der Waals surface area contributed by atoms with Crippen molar-refractivity contribution in [2.24, 2.45) is 0 Å². The molecule has 8 heteroatoms. The number of hydrogen-bond donors (Lipinski definition) is 2. The van der Waals surface area contributed by atoms with E-state index >= 15 is 0 Å². The molecule has 2 amide bonds. The molecule has 1 saturated heterocycles. The van der Waals surface area contributed by atoms with Crippen molar-refractivity contribution in [3.8, 4) is 0 Å². The number of benzene rings is 1. The zero-order valence-corrected chi connectivity index (χ0v) is 15.4. The van der Waals surface area contributed by atoms with Crippen LogP contribution in [0.2, 0.25) is 0 Å². The van der Waals surface area contributed by atoms with E-state index in [1.807, 2.05) is 32.9 Å². The number of rotatable bonds is 4. The number of ether oxygens (including phenoxy) is 1. The maximum absolute atomic E-state index is 12.1. The van der Waals surface area contributed by atoms with E-state index in [2.05, 4.69) is 10.6 Å². The third-order valence-corrected chi connectivity index (χ3v) is 5.25. The molecule has 2 N–H and O–H groups in total. The van der Waals surface area contributed by atoms with Gasteiger partial charge in [0.1, 0.15) is 0 Å². The number of sulfonamides is 1. The lowest BCUT2D eigenvalue weighted by Gasteiger charge is -2.31. The molecule has 24 heavy (non-hydrogen) atoms. The highest BCUT2D eigenvalue weighted by Gasteiger charge is 2.26. The SMILES string of the molecule is Cc1cc(C)c(NC(=O)NC[C@H]2CN(S(C)(=O)=O)CCO2)c(C)c1. The Balaban J connectivity index is 1.90. The number of hydrogen-bond acceptors (Lipinski definition) is 4. The Morgan fingerprint density at radius 1 is 1.29 bits per heavy atom. The zero-order valence-electron chi connectivity index (χ0n) is 14.5. The second-order valence-corrected chi connectivity index (χ2v) is 8.20. The van der Waals surface area contributed by atoms with Gasteiger partial charge in [-0.05, 0) is 31.9 Å². The minimum absolute atomic E-state index is 0.252. The van der Waals surface area contributed by atoms with E-state index in [1.165, 1.54) is 10.6 Å². The summed E-state index contributed by atoms with van der Waals surface area (Å²) in [6.45, 7) is 7.09. The molecule has 134 valence electrons. The monoisotopic (exact) mass is 355 g/mol. The molecule has 1 aliphatic rings. The molecule has 0 unspecified atom stereocenters. The Kier molecular flexibility index (Phi) is 5.84. The molecule has 2 rings (SSSR count). The number of amides is 2. The molecular formula is C16H25N3O4S. The number of carbonyl (C=O) groups excluding carboxylic acids is 1. The molecule has 0 bridgehead atoms. The number of morpholine rings is 1. The van der Waals surface area contributed by atoms with Crippen molar-refractivity contribution in [2.75, 3.05) is 37.8 Å². The van der Waals surface area contributed by atoms with Crippen LogP contribution in [-0.2, 0) is 14.8 Å². The summed E-state index contributed by atoms with van der Waals surface area (Å²) in [5.41, 5.74) is 3.94. The van der Waals surface area contributed by atoms with Crippen LogP contribution < -0.4 is 10.6 Å². The molecule has 1 aromatic rings. The van der Waals surface area contributed by atoms with Crippen LogP contribution in [0.4, 0.5) is 10.5 Å². The van der Waals surface area contributed by atoms with Gasteiger partial charge in [0.15, 0.2) is 0 Å². The van der Waals surface area contributed by atoms with E-state index in [0.717, 1.165) is 22.4 Å². The summed E-state index contributed by atoms with van der Waals surface area (Å²) in [5, 5.41) is 5.59. The third-order valence-electron chi connectivity index (χ3n) is 3.98. The molecule has 0 radical (unpaired) electrons. The Morgan fingerprint density at radius 3 is 2.50 bits per heavy atom. The summed E-state index contributed by atoms with van der Waals surface area (Å²) < 4.78 is 30.1. The molecule has 1 heterocycles. The van der Waals surface area contributed by atoms with Crippen molar-refractivity contribution in [3.63, 3.8) is 0 Å². The average Bonchev–Trinajstić information content (AvgIpc) is 2.48. The zero-order chi connectivity index (χ0) is 17.9. The van der Waals surface area contributed by atoms with Crippen molar-refractivity contribution in [1.82, 2.24) is 9.62 Å². The summed E-state index contributed by atoms with van der Waals surface area (Å²) >= 11 is 0. The number of anilines is 1. The maximum atomic E-state index is 12.1. The van der Waals surface area contributed by atoms with Crippen LogP contribution in [0, 0.1) is 20.8 Å². The van der Waals surface area contributed by atoms with E-state index in [9.17, 15) is 13.2 Å². The first kappa shape index (κ1) is 18.7. The molecule has 1 fully saturated rings. The van der Waals surface area contributed by atoms with Gasteiger partial charge in [0, 0.05) is 25.3 Å². The van der Waals surface area contributed by atoms with E-state index in [4.69, 9.17) is 4.74 Å². The summed E-state index contributed by atoms with van der Waals surface area (Å²) in [6, 6.07) is 3.69. The summed E-state index contributed by atoms with van der Waals surface area (Å²) in [4.78, 5) is 12.1. The minimum atomic E-state index is -3.24. The van der Waals surface area contributed by atoms with E-state index in [1.54, 1.807) is 0 Å². The average molecular weight is 355 g/mol. The Morgan fingerprint density at radius 2 is 1.92 bits per heavy atom. The lowest BCUT2D eigenvalue weighted by Crippen LogP contribution is -2.49. The van der Waals surface area contributed by atoms with Gasteiger partial charge in [0.25, 0.3) is 0 Å². The second kappa shape index (κ2) is 7.50. The standard InChI is InChI=1S/C16H25N3O4S/c1-11-7-12(2)15(13(3)8-11)18-16(20)17-9-14-10-19(5-6-23-14)24(4,21)22/h7-8,14H,5-6,9-10H2,1-4H3,(H2,17,18,20)/t14-/m0/s1. The lowest BCUT2D eigenvalue weighted by molar-refractivity contribution is 0.00167. The Labute approximate surface area is 143 Å². The highest BCUT2D eigenvalue weighted by atomic mass is 32.2. The van der Waals surface area contributed by atoms with Crippen molar-refractivity contribution < 1.29 is 17.9 Å². The molecule has 1 aromatic carbocycles. The van der Waals surface area contributed by atoms with Crippen molar-refractivity contribution >= 4 is 21.7 Å². The maximum Gasteiger partial charge on any atom is 0.319 e. The molecule has 1 aliphatic heterocycles. The molecule has 0 spiro atoms. The lowest BCUT2D eigenvalue weighted by atomic mass is 10.1. The first-order chi connectivity index (χ1) is 11.2. The van der Waals surface area contributed by atoms with Crippen LogP contribution in [0.3, 0.4) is 0 Å². The number of aryl methyl sites for hydroxylation is 3. The third kappa shape index (κ3) is 4.93. The van der Waals surface area contributed by atoms with Gasteiger partial charge in [-0.3, -0.25) is 0 Å². The van der Waals surface area contributed by atoms with Crippen molar-refractivity contribution in [3.05, 3.63) is 28.8 Å². The van der Waals surface area contributed by atoms with Gasteiger partial charge in [-0.15, -0.1) is 0 Å². The van der Waals surface area contributed by atoms with Crippen LogP contribution >= 0.6 is 0 Å². The molecule has 0 aliphatic carbocycles. The van der Waals surface area contributed by atoms with Crippen LogP contribution in [0.15, 0.2) is 12.1 Å². The first-order valence-electron chi connectivity index (χ1n) is 7.86. The van der Waals surface area contributed by atoms with E-state index in [-0.39, 0.29) is 25.2 Å². The normalized spacial score (nSPS) is 19.1. The van der Waals surface area contributed by atoms with Gasteiger partial charge in [-0.25, -0.2) is 13.2 Å². The molecular weight excluding hydrogens is 330 g/mol. The van der Waals surface area contributed by atoms with Crippen molar-refractivity contribution in [1.29, 1.82) is 0 Å². The quantitative estimate of drug-likeness (QED) is 0.854. The Hall–Kier alpha value is -1.64. The Bertz CT molecular complexity index is 695. The largest absolute Gasteiger partial charge is 0.374 e. The summed E-state index contributed by atoms with van der Waals surface area (Å²) in [5.74, 6) is 0. The topological polar surface area (TPSA) is 87.7 Å². The fraction of sp³-hybridized carbons (Fsp3) is 0.562. The van der Waals surface area contributed by atoms with Crippen LogP contribution in [0.5, 0.6) is 0 Å². The second-order valence-electron chi connectivity index (χ2n) is 6.22. The number of nitrogens with one attached hydrogen (secondary N) is 2. The predicted octanol–water partition coefficient (Wildman–Crippen LogP) is 1.39. The van der Waals surface area contributed by atoms with Gasteiger partial charge in [0.2, 0.25) is 10.0 Å². The number of nitrogens with zero attached hydrogens (tertiary/aromatic N) is 1. The predicted molar refractivity (Wildman–Crippen MR) is 93.8 cm³/mol. The number of urea groups is 1. The highest BCUT2D eigenvalue weighted by molar-refractivity contribution is 7.88. The minimum Gasteiger partial charge on any atom is -0.374 e. The fourth-order valence-corrected chi connectivity index (χ4v) is 3.70. The van der Waals surface area contributed by atoms with Gasteiger partial charge >= 0.3 is 6.03 Å². The van der Waals surface area contributed by atoms with Crippen LogP contribution in [0.1, 0.15) is 16.7 Å². The number of carbonyl (C=O) groups is 1.